The minimum atomic E-state index is 0.198. The van der Waals surface area contributed by atoms with Crippen molar-refractivity contribution in [3.8, 4) is 11.5 Å². The molecule has 0 aliphatic rings. The minimum absolute atomic E-state index is 0.198. The van der Waals surface area contributed by atoms with Crippen molar-refractivity contribution >= 4 is 22.1 Å². The van der Waals surface area contributed by atoms with Crippen LogP contribution in [0.4, 0.5) is 11.4 Å². The van der Waals surface area contributed by atoms with Gasteiger partial charge in [0.25, 0.3) is 0 Å². The van der Waals surface area contributed by atoms with Crippen molar-refractivity contribution in [1.29, 1.82) is 0 Å². The standard InChI is InChI=1S/C19H18N2O2/c1-12-9-13(2)11-14(10-12)20-21-16-7-8-17(22)15-5-4-6-18(23-3)19(15)16/h4-11,22H,1-3H3. The first kappa shape index (κ1) is 15.0. The zero-order valence-corrected chi connectivity index (χ0v) is 13.4. The van der Waals surface area contributed by atoms with Crippen molar-refractivity contribution < 1.29 is 9.84 Å². The second kappa shape index (κ2) is 6.08. The summed E-state index contributed by atoms with van der Waals surface area (Å²) >= 11 is 0. The highest BCUT2D eigenvalue weighted by Gasteiger charge is 2.10. The van der Waals surface area contributed by atoms with Gasteiger partial charge in [-0.05, 0) is 55.3 Å². The fourth-order valence-electron chi connectivity index (χ4n) is 2.71. The summed E-state index contributed by atoms with van der Waals surface area (Å²) in [4.78, 5) is 0. The molecule has 0 atom stereocenters. The van der Waals surface area contributed by atoms with Gasteiger partial charge in [0, 0.05) is 5.39 Å². The van der Waals surface area contributed by atoms with E-state index in [1.807, 2.05) is 44.2 Å². The first-order valence-corrected chi connectivity index (χ1v) is 7.37. The van der Waals surface area contributed by atoms with Crippen LogP contribution in [0.2, 0.25) is 0 Å². The molecule has 116 valence electrons. The van der Waals surface area contributed by atoms with E-state index in [9.17, 15) is 5.11 Å². The van der Waals surface area contributed by atoms with Crippen molar-refractivity contribution in [1.82, 2.24) is 0 Å². The van der Waals surface area contributed by atoms with Crippen LogP contribution >= 0.6 is 0 Å². The molecule has 3 rings (SSSR count). The summed E-state index contributed by atoms with van der Waals surface area (Å²) in [6.07, 6.45) is 0. The fraction of sp³-hybridized carbons (Fsp3) is 0.158. The Morgan fingerprint density at radius 1 is 0.913 bits per heavy atom. The van der Waals surface area contributed by atoms with E-state index in [-0.39, 0.29) is 5.75 Å². The second-order valence-corrected chi connectivity index (χ2v) is 5.53. The molecule has 0 spiro atoms. The van der Waals surface area contributed by atoms with Crippen LogP contribution in [0.15, 0.2) is 58.8 Å². The lowest BCUT2D eigenvalue weighted by molar-refractivity contribution is 0.419. The Hall–Kier alpha value is -2.88. The maximum absolute atomic E-state index is 10.0. The zero-order valence-electron chi connectivity index (χ0n) is 13.4. The number of aromatic hydroxyl groups is 1. The Kier molecular flexibility index (Phi) is 3.98. The van der Waals surface area contributed by atoms with Crippen molar-refractivity contribution in [2.24, 2.45) is 10.2 Å². The maximum Gasteiger partial charge on any atom is 0.129 e. The van der Waals surface area contributed by atoms with Gasteiger partial charge in [0.15, 0.2) is 0 Å². The highest BCUT2D eigenvalue weighted by atomic mass is 16.5. The van der Waals surface area contributed by atoms with Crippen LogP contribution in [0.1, 0.15) is 11.1 Å². The number of phenols is 1. The molecule has 23 heavy (non-hydrogen) atoms. The van der Waals surface area contributed by atoms with Crippen LogP contribution in [-0.4, -0.2) is 12.2 Å². The number of rotatable bonds is 3. The van der Waals surface area contributed by atoms with Gasteiger partial charge in [-0.3, -0.25) is 0 Å². The Bertz CT molecular complexity index is 881. The molecule has 0 aliphatic carbocycles. The molecule has 4 nitrogen and oxygen atoms in total. The molecular weight excluding hydrogens is 288 g/mol. The lowest BCUT2D eigenvalue weighted by Gasteiger charge is -2.08. The van der Waals surface area contributed by atoms with Crippen LogP contribution in [-0.2, 0) is 0 Å². The zero-order chi connectivity index (χ0) is 16.4. The van der Waals surface area contributed by atoms with E-state index in [1.165, 1.54) is 0 Å². The van der Waals surface area contributed by atoms with E-state index in [2.05, 4.69) is 16.3 Å². The summed E-state index contributed by atoms with van der Waals surface area (Å²) in [6, 6.07) is 14.9. The smallest absolute Gasteiger partial charge is 0.129 e. The SMILES string of the molecule is COc1cccc2c(O)ccc(N=Nc3cc(C)cc(C)c3)c12. The van der Waals surface area contributed by atoms with Gasteiger partial charge in [0.1, 0.15) is 11.5 Å². The van der Waals surface area contributed by atoms with Gasteiger partial charge in [0.05, 0.1) is 23.9 Å². The molecule has 0 bridgehead atoms. The van der Waals surface area contributed by atoms with E-state index >= 15 is 0 Å². The number of azo groups is 1. The van der Waals surface area contributed by atoms with Gasteiger partial charge in [-0.1, -0.05) is 18.2 Å². The van der Waals surface area contributed by atoms with Gasteiger partial charge in [-0.15, -0.1) is 5.11 Å². The van der Waals surface area contributed by atoms with Gasteiger partial charge >= 0.3 is 0 Å². The first-order valence-electron chi connectivity index (χ1n) is 7.37. The summed E-state index contributed by atoms with van der Waals surface area (Å²) < 4.78 is 5.40. The molecule has 0 amide bonds. The lowest BCUT2D eigenvalue weighted by atomic mass is 10.1. The van der Waals surface area contributed by atoms with Crippen LogP contribution in [0.25, 0.3) is 10.8 Å². The summed E-state index contributed by atoms with van der Waals surface area (Å²) in [7, 11) is 1.60. The summed E-state index contributed by atoms with van der Waals surface area (Å²) in [6.45, 7) is 4.07. The molecule has 4 heteroatoms. The molecule has 3 aromatic carbocycles. The molecule has 1 N–H and O–H groups in total. The number of benzene rings is 3. The molecule has 0 radical (unpaired) electrons. The van der Waals surface area contributed by atoms with E-state index in [1.54, 1.807) is 19.2 Å². The van der Waals surface area contributed by atoms with Crippen LogP contribution < -0.4 is 4.74 Å². The van der Waals surface area contributed by atoms with Gasteiger partial charge in [-0.2, -0.15) is 5.11 Å². The molecule has 0 aromatic heterocycles. The highest BCUT2D eigenvalue weighted by molar-refractivity contribution is 6.00. The normalized spacial score (nSPS) is 11.3. The Morgan fingerprint density at radius 3 is 2.35 bits per heavy atom. The lowest BCUT2D eigenvalue weighted by Crippen LogP contribution is -1.85. The Labute approximate surface area is 135 Å². The van der Waals surface area contributed by atoms with E-state index < -0.39 is 0 Å². The van der Waals surface area contributed by atoms with E-state index in [4.69, 9.17) is 4.74 Å². The van der Waals surface area contributed by atoms with Crippen LogP contribution in [0.5, 0.6) is 11.5 Å². The monoisotopic (exact) mass is 306 g/mol. The van der Waals surface area contributed by atoms with Crippen molar-refractivity contribution in [3.05, 3.63) is 59.7 Å². The van der Waals surface area contributed by atoms with Gasteiger partial charge < -0.3 is 9.84 Å². The third-order valence-corrected chi connectivity index (χ3v) is 3.66. The summed E-state index contributed by atoms with van der Waals surface area (Å²) in [5, 5.41) is 20.2. The van der Waals surface area contributed by atoms with Crippen LogP contribution in [0.3, 0.4) is 0 Å². The number of hydrogen-bond acceptors (Lipinski definition) is 4. The molecule has 0 saturated heterocycles. The number of phenolic OH excluding ortho intramolecular Hbond substituents is 1. The first-order chi connectivity index (χ1) is 11.1. The van der Waals surface area contributed by atoms with Gasteiger partial charge in [-0.25, -0.2) is 0 Å². The van der Waals surface area contributed by atoms with E-state index in [0.717, 1.165) is 22.2 Å². The molecule has 0 aliphatic heterocycles. The number of fused-ring (bicyclic) bond motifs is 1. The van der Waals surface area contributed by atoms with Crippen molar-refractivity contribution in [3.63, 3.8) is 0 Å². The average Bonchev–Trinajstić information content (AvgIpc) is 2.53. The number of aryl methyl sites for hydroxylation is 2. The largest absolute Gasteiger partial charge is 0.507 e. The molecule has 0 heterocycles. The summed E-state index contributed by atoms with van der Waals surface area (Å²) in [5.41, 5.74) is 3.76. The Balaban J connectivity index is 2.13. The van der Waals surface area contributed by atoms with Gasteiger partial charge in [0.2, 0.25) is 0 Å². The van der Waals surface area contributed by atoms with Crippen molar-refractivity contribution in [2.45, 2.75) is 13.8 Å². The second-order valence-electron chi connectivity index (χ2n) is 5.53. The highest BCUT2D eigenvalue weighted by Crippen LogP contribution is 2.39. The topological polar surface area (TPSA) is 54.2 Å². The molecule has 3 aromatic rings. The predicted molar refractivity (Wildman–Crippen MR) is 92.3 cm³/mol. The van der Waals surface area contributed by atoms with Crippen molar-refractivity contribution in [2.75, 3.05) is 7.11 Å². The molecular formula is C19H18N2O2. The summed E-state index contributed by atoms with van der Waals surface area (Å²) in [5.74, 6) is 0.858. The fourth-order valence-corrected chi connectivity index (χ4v) is 2.71. The number of hydrogen-bond donors (Lipinski definition) is 1. The molecule has 0 fully saturated rings. The Morgan fingerprint density at radius 2 is 1.65 bits per heavy atom. The number of methoxy groups -OCH3 is 1. The minimum Gasteiger partial charge on any atom is -0.507 e. The third kappa shape index (κ3) is 3.01. The average molecular weight is 306 g/mol. The predicted octanol–water partition coefficient (Wildman–Crippen LogP) is 5.59. The number of ether oxygens (including phenoxy) is 1. The number of nitrogens with zero attached hydrogens (tertiary/aromatic N) is 2. The molecule has 0 saturated carbocycles. The third-order valence-electron chi connectivity index (χ3n) is 3.66. The quantitative estimate of drug-likeness (QED) is 0.641. The molecule has 0 unspecified atom stereocenters. The van der Waals surface area contributed by atoms with E-state index in [0.29, 0.717) is 16.8 Å². The maximum atomic E-state index is 10.0. The van der Waals surface area contributed by atoms with Crippen LogP contribution in [0, 0.1) is 13.8 Å².